The predicted octanol–water partition coefficient (Wildman–Crippen LogP) is -1.37. The quantitative estimate of drug-likeness (QED) is 0.496. The SMILES string of the molecule is O=c1nc(NO)ccn1[C@@H]1O[C@H](CO)[C@@H](O)[C@H]1F. The molecule has 0 aromatic carbocycles. The summed E-state index contributed by atoms with van der Waals surface area (Å²) in [5, 5.41) is 26.9. The van der Waals surface area contributed by atoms with Crippen LogP contribution in [0.2, 0.25) is 0 Å². The molecule has 2 heterocycles. The van der Waals surface area contributed by atoms with Gasteiger partial charge in [-0.1, -0.05) is 0 Å². The van der Waals surface area contributed by atoms with Crippen LogP contribution in [0.25, 0.3) is 0 Å². The molecule has 0 saturated carbocycles. The maximum atomic E-state index is 13.7. The number of aliphatic hydroxyl groups excluding tert-OH is 2. The summed E-state index contributed by atoms with van der Waals surface area (Å²) in [6.45, 7) is -0.559. The van der Waals surface area contributed by atoms with Gasteiger partial charge in [-0.3, -0.25) is 15.3 Å². The number of ether oxygens (including phenoxy) is 1. The number of nitrogens with one attached hydrogen (secondary N) is 1. The fraction of sp³-hybridized carbons (Fsp3) is 0.556. The molecule has 4 N–H and O–H groups in total. The lowest BCUT2D eigenvalue weighted by molar-refractivity contribution is -0.0491. The Balaban J connectivity index is 2.30. The van der Waals surface area contributed by atoms with Crippen LogP contribution in [-0.2, 0) is 4.74 Å². The Bertz CT molecular complexity index is 482. The van der Waals surface area contributed by atoms with Crippen LogP contribution in [-0.4, -0.2) is 50.0 Å². The van der Waals surface area contributed by atoms with Gasteiger partial charge in [0.15, 0.2) is 18.2 Å². The van der Waals surface area contributed by atoms with E-state index in [1.54, 1.807) is 5.48 Å². The molecule has 1 saturated heterocycles. The van der Waals surface area contributed by atoms with Gasteiger partial charge in [0.1, 0.15) is 12.2 Å². The third kappa shape index (κ3) is 2.08. The normalized spacial score (nSPS) is 31.6. The van der Waals surface area contributed by atoms with E-state index in [-0.39, 0.29) is 5.82 Å². The lowest BCUT2D eigenvalue weighted by Crippen LogP contribution is -2.33. The lowest BCUT2D eigenvalue weighted by atomic mass is 10.1. The van der Waals surface area contributed by atoms with Crippen LogP contribution in [0.15, 0.2) is 17.1 Å². The second kappa shape index (κ2) is 4.98. The van der Waals surface area contributed by atoms with E-state index in [1.807, 2.05) is 0 Å². The molecule has 1 aromatic rings. The molecular formula is C9H12FN3O5. The summed E-state index contributed by atoms with van der Waals surface area (Å²) in [6.07, 6.45) is -4.65. The molecule has 0 amide bonds. The molecule has 18 heavy (non-hydrogen) atoms. The standard InChI is InChI=1S/C9H12FN3O5/c10-6-7(15)4(3-14)18-8(6)13-2-1-5(12-17)11-9(13)16/h1-2,4,6-8,14-15,17H,3H2,(H,11,12,16)/t4-,6-,7-,8-/m1/s1. The monoisotopic (exact) mass is 261 g/mol. The topological polar surface area (TPSA) is 117 Å². The van der Waals surface area contributed by atoms with Gasteiger partial charge in [-0.2, -0.15) is 4.98 Å². The second-order valence-corrected chi connectivity index (χ2v) is 3.80. The number of rotatable bonds is 3. The molecule has 9 heteroatoms. The molecular weight excluding hydrogens is 249 g/mol. The molecule has 2 rings (SSSR count). The molecule has 0 radical (unpaired) electrons. The second-order valence-electron chi connectivity index (χ2n) is 3.80. The predicted molar refractivity (Wildman–Crippen MR) is 55.8 cm³/mol. The molecule has 0 aliphatic carbocycles. The van der Waals surface area contributed by atoms with Gasteiger partial charge in [0, 0.05) is 6.20 Å². The van der Waals surface area contributed by atoms with Gasteiger partial charge in [-0.25, -0.2) is 9.18 Å². The summed E-state index contributed by atoms with van der Waals surface area (Å²) in [7, 11) is 0. The van der Waals surface area contributed by atoms with E-state index in [9.17, 15) is 14.3 Å². The molecule has 1 aromatic heterocycles. The lowest BCUT2D eigenvalue weighted by Gasteiger charge is -2.15. The zero-order valence-electron chi connectivity index (χ0n) is 9.10. The first-order chi connectivity index (χ1) is 8.58. The van der Waals surface area contributed by atoms with E-state index in [4.69, 9.17) is 15.1 Å². The van der Waals surface area contributed by atoms with Crippen molar-refractivity contribution in [2.24, 2.45) is 0 Å². The number of hydrogen-bond donors (Lipinski definition) is 4. The zero-order valence-corrected chi connectivity index (χ0v) is 9.10. The maximum Gasteiger partial charge on any atom is 0.351 e. The van der Waals surface area contributed by atoms with Crippen molar-refractivity contribution in [2.45, 2.75) is 24.6 Å². The molecule has 8 nitrogen and oxygen atoms in total. The van der Waals surface area contributed by atoms with Crippen LogP contribution in [0.4, 0.5) is 10.2 Å². The summed E-state index contributed by atoms with van der Waals surface area (Å²) >= 11 is 0. The molecule has 0 bridgehead atoms. The first-order valence-corrected chi connectivity index (χ1v) is 5.16. The number of halogens is 1. The number of hydrogen-bond acceptors (Lipinski definition) is 7. The molecule has 4 atom stereocenters. The van der Waals surface area contributed by atoms with Gasteiger partial charge < -0.3 is 14.9 Å². The smallest absolute Gasteiger partial charge is 0.351 e. The summed E-state index contributed by atoms with van der Waals surface area (Å²) in [5.41, 5.74) is 0.823. The van der Waals surface area contributed by atoms with Crippen molar-refractivity contribution < 1.29 is 24.5 Å². The fourth-order valence-electron chi connectivity index (χ4n) is 1.75. The van der Waals surface area contributed by atoms with Gasteiger partial charge in [0.2, 0.25) is 0 Å². The number of alkyl halides is 1. The highest BCUT2D eigenvalue weighted by atomic mass is 19.1. The van der Waals surface area contributed by atoms with Crippen molar-refractivity contribution in [1.82, 2.24) is 9.55 Å². The first kappa shape index (κ1) is 12.9. The number of nitrogens with zero attached hydrogens (tertiary/aromatic N) is 2. The molecule has 0 spiro atoms. The summed E-state index contributed by atoms with van der Waals surface area (Å²) in [5.74, 6) is -0.0936. The minimum absolute atomic E-state index is 0.0936. The molecule has 100 valence electrons. The average molecular weight is 261 g/mol. The highest BCUT2D eigenvalue weighted by Gasteiger charge is 2.45. The Morgan fingerprint density at radius 2 is 2.33 bits per heavy atom. The minimum atomic E-state index is -1.85. The van der Waals surface area contributed by atoms with Crippen LogP contribution in [0.3, 0.4) is 0 Å². The van der Waals surface area contributed by atoms with E-state index in [0.717, 1.165) is 10.8 Å². The van der Waals surface area contributed by atoms with Crippen molar-refractivity contribution in [2.75, 3.05) is 12.1 Å². The average Bonchev–Trinajstić information content (AvgIpc) is 2.66. The summed E-state index contributed by atoms with van der Waals surface area (Å²) in [4.78, 5) is 14.9. The van der Waals surface area contributed by atoms with E-state index >= 15 is 0 Å². The molecule has 1 aliphatic heterocycles. The van der Waals surface area contributed by atoms with Crippen LogP contribution in [0, 0.1) is 0 Å². The van der Waals surface area contributed by atoms with Gasteiger partial charge in [-0.15, -0.1) is 0 Å². The molecule has 0 unspecified atom stereocenters. The fourth-order valence-corrected chi connectivity index (χ4v) is 1.75. The van der Waals surface area contributed by atoms with Crippen LogP contribution < -0.4 is 11.2 Å². The minimum Gasteiger partial charge on any atom is -0.394 e. The van der Waals surface area contributed by atoms with Crippen LogP contribution >= 0.6 is 0 Å². The third-order valence-electron chi connectivity index (χ3n) is 2.69. The number of aromatic nitrogens is 2. The summed E-state index contributed by atoms with van der Waals surface area (Å²) < 4.78 is 19.6. The van der Waals surface area contributed by atoms with Crippen molar-refractivity contribution in [1.29, 1.82) is 0 Å². The van der Waals surface area contributed by atoms with Gasteiger partial charge >= 0.3 is 5.69 Å². The highest BCUT2D eigenvalue weighted by Crippen LogP contribution is 2.30. The largest absolute Gasteiger partial charge is 0.394 e. The summed E-state index contributed by atoms with van der Waals surface area (Å²) in [6, 6.07) is 1.23. The van der Waals surface area contributed by atoms with Gasteiger partial charge in [-0.05, 0) is 6.07 Å². The van der Waals surface area contributed by atoms with E-state index in [2.05, 4.69) is 4.98 Å². The van der Waals surface area contributed by atoms with Gasteiger partial charge in [0.25, 0.3) is 0 Å². The third-order valence-corrected chi connectivity index (χ3v) is 2.69. The zero-order chi connectivity index (χ0) is 13.3. The Kier molecular flexibility index (Phi) is 3.57. The Morgan fingerprint density at radius 1 is 1.61 bits per heavy atom. The van der Waals surface area contributed by atoms with Crippen molar-refractivity contribution in [3.8, 4) is 0 Å². The van der Waals surface area contributed by atoms with E-state index in [1.165, 1.54) is 6.07 Å². The van der Waals surface area contributed by atoms with Crippen molar-refractivity contribution >= 4 is 5.82 Å². The number of anilines is 1. The van der Waals surface area contributed by atoms with E-state index in [0.29, 0.717) is 0 Å². The van der Waals surface area contributed by atoms with Gasteiger partial charge in [0.05, 0.1) is 6.61 Å². The van der Waals surface area contributed by atoms with E-state index < -0.39 is 36.9 Å². The van der Waals surface area contributed by atoms with Crippen molar-refractivity contribution in [3.05, 3.63) is 22.7 Å². The first-order valence-electron chi connectivity index (χ1n) is 5.16. The maximum absolute atomic E-state index is 13.7. The highest BCUT2D eigenvalue weighted by molar-refractivity contribution is 5.28. The Morgan fingerprint density at radius 3 is 2.83 bits per heavy atom. The molecule has 1 aliphatic rings. The molecule has 1 fully saturated rings. The Hall–Kier alpha value is -1.55. The van der Waals surface area contributed by atoms with Crippen LogP contribution in [0.1, 0.15) is 6.23 Å². The Labute approximate surface area is 100 Å². The number of aliphatic hydroxyl groups is 2. The van der Waals surface area contributed by atoms with Crippen LogP contribution in [0.5, 0.6) is 0 Å². The van der Waals surface area contributed by atoms with Crippen molar-refractivity contribution in [3.63, 3.8) is 0 Å².